The largest absolute Gasteiger partial charge is 0.449 e. The number of nitriles is 1. The van der Waals surface area contributed by atoms with Crippen molar-refractivity contribution in [1.29, 1.82) is 5.26 Å². The number of benzene rings is 2. The van der Waals surface area contributed by atoms with Crippen LogP contribution in [0, 0.1) is 18.3 Å². The van der Waals surface area contributed by atoms with Gasteiger partial charge in [-0.1, -0.05) is 30.3 Å². The van der Waals surface area contributed by atoms with Crippen molar-refractivity contribution in [3.63, 3.8) is 0 Å². The lowest BCUT2D eigenvalue weighted by Gasteiger charge is -2.14. The lowest BCUT2D eigenvalue weighted by molar-refractivity contribution is -0.123. The molecule has 0 saturated carbocycles. The first-order chi connectivity index (χ1) is 13.5. The van der Waals surface area contributed by atoms with Crippen LogP contribution in [0.25, 0.3) is 5.69 Å². The lowest BCUT2D eigenvalue weighted by Crippen LogP contribution is -2.30. The molecule has 1 heterocycles. The lowest BCUT2D eigenvalue weighted by atomic mass is 10.2. The SMILES string of the molecule is Cc1c(C(=O)OC(C)C(=O)Nc2ccccc2C#N)cnn1-c1ccccc1. The highest BCUT2D eigenvalue weighted by Gasteiger charge is 2.23. The highest BCUT2D eigenvalue weighted by Crippen LogP contribution is 2.17. The molecule has 7 heteroatoms. The van der Waals surface area contributed by atoms with Gasteiger partial charge in [-0.2, -0.15) is 10.4 Å². The number of amides is 1. The summed E-state index contributed by atoms with van der Waals surface area (Å²) in [4.78, 5) is 24.8. The highest BCUT2D eigenvalue weighted by molar-refractivity contribution is 5.98. The van der Waals surface area contributed by atoms with Gasteiger partial charge in [0.1, 0.15) is 11.6 Å². The van der Waals surface area contributed by atoms with Gasteiger partial charge in [-0.05, 0) is 38.1 Å². The minimum absolute atomic E-state index is 0.279. The number of aromatic nitrogens is 2. The number of esters is 1. The van der Waals surface area contributed by atoms with Gasteiger partial charge in [0, 0.05) is 0 Å². The van der Waals surface area contributed by atoms with E-state index in [0.717, 1.165) is 5.69 Å². The van der Waals surface area contributed by atoms with Crippen LogP contribution >= 0.6 is 0 Å². The van der Waals surface area contributed by atoms with Crippen LogP contribution in [0.15, 0.2) is 60.8 Å². The molecule has 1 unspecified atom stereocenters. The van der Waals surface area contributed by atoms with Crippen LogP contribution in [-0.4, -0.2) is 27.8 Å². The molecular formula is C21H18N4O3. The number of nitrogens with one attached hydrogen (secondary N) is 1. The molecule has 0 fully saturated rings. The number of hydrogen-bond acceptors (Lipinski definition) is 5. The average molecular weight is 374 g/mol. The molecule has 2 aromatic carbocycles. The van der Waals surface area contributed by atoms with E-state index in [4.69, 9.17) is 10.00 Å². The first kappa shape index (κ1) is 18.9. The van der Waals surface area contributed by atoms with Gasteiger partial charge in [0.15, 0.2) is 6.10 Å². The topological polar surface area (TPSA) is 97.0 Å². The Kier molecular flexibility index (Phi) is 5.51. The molecule has 0 saturated heterocycles. The molecule has 0 spiro atoms. The Hall–Kier alpha value is -3.92. The Balaban J connectivity index is 1.70. The zero-order chi connectivity index (χ0) is 20.1. The Morgan fingerprint density at radius 1 is 1.14 bits per heavy atom. The Labute approximate surface area is 162 Å². The molecule has 1 aromatic heterocycles. The maximum atomic E-state index is 12.5. The van der Waals surface area contributed by atoms with Crippen molar-refractivity contribution < 1.29 is 14.3 Å². The highest BCUT2D eigenvalue weighted by atomic mass is 16.5. The molecule has 1 N–H and O–H groups in total. The maximum Gasteiger partial charge on any atom is 0.342 e. The number of nitrogens with zero attached hydrogens (tertiary/aromatic N) is 3. The monoisotopic (exact) mass is 374 g/mol. The molecule has 140 valence electrons. The first-order valence-electron chi connectivity index (χ1n) is 8.62. The fourth-order valence-corrected chi connectivity index (χ4v) is 2.64. The van der Waals surface area contributed by atoms with Gasteiger partial charge in [-0.3, -0.25) is 4.79 Å². The zero-order valence-corrected chi connectivity index (χ0v) is 15.4. The number of hydrogen-bond donors (Lipinski definition) is 1. The van der Waals surface area contributed by atoms with Gasteiger partial charge < -0.3 is 10.1 Å². The second-order valence-electron chi connectivity index (χ2n) is 6.09. The third kappa shape index (κ3) is 3.91. The summed E-state index contributed by atoms with van der Waals surface area (Å²) < 4.78 is 6.92. The van der Waals surface area contributed by atoms with E-state index in [1.165, 1.54) is 13.1 Å². The van der Waals surface area contributed by atoms with Crippen molar-refractivity contribution >= 4 is 17.6 Å². The third-order valence-corrected chi connectivity index (χ3v) is 4.19. The molecule has 0 aliphatic rings. The molecule has 0 bridgehead atoms. The number of ether oxygens (including phenoxy) is 1. The molecule has 28 heavy (non-hydrogen) atoms. The molecular weight excluding hydrogens is 356 g/mol. The molecule has 0 radical (unpaired) electrons. The van der Waals surface area contributed by atoms with Crippen molar-refractivity contribution in [2.24, 2.45) is 0 Å². The van der Waals surface area contributed by atoms with E-state index >= 15 is 0 Å². The van der Waals surface area contributed by atoms with Crippen LogP contribution in [0.3, 0.4) is 0 Å². The minimum atomic E-state index is -1.04. The van der Waals surface area contributed by atoms with Gasteiger partial charge in [0.05, 0.1) is 28.8 Å². The van der Waals surface area contributed by atoms with E-state index in [2.05, 4.69) is 10.4 Å². The van der Waals surface area contributed by atoms with Crippen LogP contribution in [0.1, 0.15) is 28.5 Å². The van der Waals surface area contributed by atoms with E-state index < -0.39 is 18.0 Å². The quantitative estimate of drug-likeness (QED) is 0.692. The van der Waals surface area contributed by atoms with Crippen LogP contribution in [0.4, 0.5) is 5.69 Å². The van der Waals surface area contributed by atoms with Gasteiger partial charge in [0.25, 0.3) is 5.91 Å². The number of carbonyl (C=O) groups excluding carboxylic acids is 2. The van der Waals surface area contributed by atoms with Gasteiger partial charge in [0.2, 0.25) is 0 Å². The van der Waals surface area contributed by atoms with Crippen molar-refractivity contribution in [3.05, 3.63) is 77.6 Å². The Bertz CT molecular complexity index is 1050. The van der Waals surface area contributed by atoms with E-state index in [0.29, 0.717) is 16.9 Å². The summed E-state index contributed by atoms with van der Waals surface area (Å²) in [6.45, 7) is 3.23. The van der Waals surface area contributed by atoms with Crippen molar-refractivity contribution in [2.45, 2.75) is 20.0 Å². The fraction of sp³-hybridized carbons (Fsp3) is 0.143. The minimum Gasteiger partial charge on any atom is -0.449 e. The second kappa shape index (κ2) is 8.18. The predicted octanol–water partition coefficient (Wildman–Crippen LogP) is 3.24. The van der Waals surface area contributed by atoms with Crippen molar-refractivity contribution in [3.8, 4) is 11.8 Å². The Morgan fingerprint density at radius 3 is 2.54 bits per heavy atom. The summed E-state index contributed by atoms with van der Waals surface area (Å²) in [6, 6.07) is 18.0. The Morgan fingerprint density at radius 2 is 1.82 bits per heavy atom. The molecule has 3 rings (SSSR count). The summed E-state index contributed by atoms with van der Waals surface area (Å²) in [5.41, 5.74) is 2.40. The number of carbonyl (C=O) groups is 2. The smallest absolute Gasteiger partial charge is 0.342 e. The van der Waals surface area contributed by atoms with E-state index in [9.17, 15) is 9.59 Å². The third-order valence-electron chi connectivity index (χ3n) is 4.19. The number of rotatable bonds is 5. The van der Waals surface area contributed by atoms with Gasteiger partial charge >= 0.3 is 5.97 Å². The number of anilines is 1. The fourth-order valence-electron chi connectivity index (χ4n) is 2.64. The van der Waals surface area contributed by atoms with Crippen molar-refractivity contribution in [1.82, 2.24) is 9.78 Å². The molecule has 1 amide bonds. The van der Waals surface area contributed by atoms with Crippen LogP contribution in [0.2, 0.25) is 0 Å². The summed E-state index contributed by atoms with van der Waals surface area (Å²) in [5.74, 6) is -1.17. The molecule has 0 aliphatic heterocycles. The first-order valence-corrected chi connectivity index (χ1v) is 8.62. The predicted molar refractivity (Wildman–Crippen MR) is 103 cm³/mol. The standard InChI is InChI=1S/C21H18N4O3/c1-14-18(13-23-25(14)17-9-4-3-5-10-17)21(27)28-15(2)20(26)24-19-11-7-6-8-16(19)12-22/h3-11,13,15H,1-2H3,(H,24,26). The second-order valence-corrected chi connectivity index (χ2v) is 6.09. The van der Waals surface area contributed by atoms with Crippen LogP contribution in [0.5, 0.6) is 0 Å². The normalized spacial score (nSPS) is 11.3. The summed E-state index contributed by atoms with van der Waals surface area (Å²) in [6.07, 6.45) is 0.374. The van der Waals surface area contributed by atoms with Crippen molar-refractivity contribution in [2.75, 3.05) is 5.32 Å². The molecule has 1 atom stereocenters. The molecule has 7 nitrogen and oxygen atoms in total. The van der Waals surface area contributed by atoms with Gasteiger partial charge in [-0.25, -0.2) is 9.48 Å². The summed E-state index contributed by atoms with van der Waals surface area (Å²) in [5, 5.41) is 15.9. The number of para-hydroxylation sites is 2. The van der Waals surface area contributed by atoms with E-state index in [1.807, 2.05) is 36.4 Å². The average Bonchev–Trinajstić information content (AvgIpc) is 3.10. The van der Waals surface area contributed by atoms with Crippen LogP contribution < -0.4 is 5.32 Å². The van der Waals surface area contributed by atoms with Gasteiger partial charge in [-0.15, -0.1) is 0 Å². The van der Waals surface area contributed by atoms with E-state index in [-0.39, 0.29) is 5.56 Å². The van der Waals surface area contributed by atoms with Crippen LogP contribution in [-0.2, 0) is 9.53 Å². The maximum absolute atomic E-state index is 12.5. The summed E-state index contributed by atoms with van der Waals surface area (Å²) in [7, 11) is 0. The zero-order valence-electron chi connectivity index (χ0n) is 15.4. The molecule has 0 aliphatic carbocycles. The van der Waals surface area contributed by atoms with E-state index in [1.54, 1.807) is 35.9 Å². The summed E-state index contributed by atoms with van der Waals surface area (Å²) >= 11 is 0. The molecule has 3 aromatic rings.